The van der Waals surface area contributed by atoms with Gasteiger partial charge >= 0.3 is 0 Å². The molecule has 1 aromatic heterocycles. The van der Waals surface area contributed by atoms with Crippen molar-refractivity contribution in [2.24, 2.45) is 17.1 Å². The van der Waals surface area contributed by atoms with Gasteiger partial charge in [0.15, 0.2) is 0 Å². The van der Waals surface area contributed by atoms with Gasteiger partial charge < -0.3 is 5.73 Å². The van der Waals surface area contributed by atoms with E-state index in [1.165, 1.54) is 43.1 Å². The molecule has 1 atom stereocenters. The third kappa shape index (κ3) is 2.82. The smallest absolute Gasteiger partial charge is 0.0705 e. The Kier molecular flexibility index (Phi) is 3.99. The van der Waals surface area contributed by atoms with Crippen LogP contribution >= 0.6 is 0 Å². The van der Waals surface area contributed by atoms with E-state index in [2.05, 4.69) is 43.1 Å². The van der Waals surface area contributed by atoms with Crippen molar-refractivity contribution in [3.63, 3.8) is 0 Å². The maximum Gasteiger partial charge on any atom is 0.0705 e. The van der Waals surface area contributed by atoms with E-state index in [9.17, 15) is 0 Å². The minimum atomic E-state index is 0.133. The van der Waals surface area contributed by atoms with Gasteiger partial charge in [0.2, 0.25) is 0 Å². The van der Waals surface area contributed by atoms with Gasteiger partial charge in [0.1, 0.15) is 0 Å². The van der Waals surface area contributed by atoms with Crippen LogP contribution in [-0.2, 0) is 0 Å². The first-order valence-electron chi connectivity index (χ1n) is 8.21. The Morgan fingerprint density at radius 1 is 1.19 bits per heavy atom. The lowest BCUT2D eigenvalue weighted by molar-refractivity contribution is 0.183. The molecule has 2 aromatic rings. The van der Waals surface area contributed by atoms with Gasteiger partial charge in [-0.3, -0.25) is 4.98 Å². The van der Waals surface area contributed by atoms with E-state index in [1.807, 2.05) is 12.3 Å². The summed E-state index contributed by atoms with van der Waals surface area (Å²) in [5.41, 5.74) is 9.35. The number of hydrogen-bond acceptors (Lipinski definition) is 2. The maximum atomic E-state index is 6.75. The zero-order chi connectivity index (χ0) is 14.9. The van der Waals surface area contributed by atoms with E-state index in [1.54, 1.807) is 0 Å². The van der Waals surface area contributed by atoms with Gasteiger partial charge in [-0.05, 0) is 48.3 Å². The van der Waals surface area contributed by atoms with Crippen LogP contribution in [0.4, 0.5) is 0 Å². The molecule has 0 bridgehead atoms. The zero-order valence-electron chi connectivity index (χ0n) is 13.2. The largest absolute Gasteiger partial charge is 0.323 e. The SMILES string of the molecule is CC(C)CC1(C(N)c2ccc3cccnc3c2)CCCC1. The molecule has 1 fully saturated rings. The molecule has 112 valence electrons. The molecule has 21 heavy (non-hydrogen) atoms. The highest BCUT2D eigenvalue weighted by Crippen LogP contribution is 2.50. The predicted octanol–water partition coefficient (Wildman–Crippen LogP) is 4.84. The third-order valence-electron chi connectivity index (χ3n) is 5.06. The summed E-state index contributed by atoms with van der Waals surface area (Å²) >= 11 is 0. The number of nitrogens with zero attached hydrogens (tertiary/aromatic N) is 1. The van der Waals surface area contributed by atoms with Gasteiger partial charge in [0, 0.05) is 17.6 Å². The Morgan fingerprint density at radius 3 is 2.67 bits per heavy atom. The normalized spacial score (nSPS) is 19.2. The summed E-state index contributed by atoms with van der Waals surface area (Å²) in [6.07, 6.45) is 8.28. The lowest BCUT2D eigenvalue weighted by Crippen LogP contribution is -2.33. The van der Waals surface area contributed by atoms with Crippen molar-refractivity contribution in [2.75, 3.05) is 0 Å². The van der Waals surface area contributed by atoms with Crippen molar-refractivity contribution < 1.29 is 0 Å². The van der Waals surface area contributed by atoms with Crippen molar-refractivity contribution >= 4 is 10.9 Å². The average Bonchev–Trinajstić information content (AvgIpc) is 2.95. The standard InChI is InChI=1S/C19H26N2/c1-14(2)13-19(9-3-4-10-19)18(20)16-8-7-15-6-5-11-21-17(15)12-16/h5-8,11-12,14,18H,3-4,9-10,13,20H2,1-2H3. The van der Waals surface area contributed by atoms with Crippen molar-refractivity contribution in [1.82, 2.24) is 4.98 Å². The second-order valence-electron chi connectivity index (χ2n) is 7.10. The van der Waals surface area contributed by atoms with Crippen LogP contribution in [-0.4, -0.2) is 4.98 Å². The minimum absolute atomic E-state index is 0.133. The molecule has 0 aliphatic heterocycles. The van der Waals surface area contributed by atoms with Crippen LogP contribution in [0, 0.1) is 11.3 Å². The Morgan fingerprint density at radius 2 is 1.95 bits per heavy atom. The van der Waals surface area contributed by atoms with Crippen molar-refractivity contribution in [1.29, 1.82) is 0 Å². The van der Waals surface area contributed by atoms with E-state index in [-0.39, 0.29) is 11.5 Å². The molecule has 1 unspecified atom stereocenters. The molecule has 1 aromatic carbocycles. The highest BCUT2D eigenvalue weighted by molar-refractivity contribution is 5.79. The molecule has 2 N–H and O–H groups in total. The highest BCUT2D eigenvalue weighted by atomic mass is 14.7. The molecular weight excluding hydrogens is 256 g/mol. The molecule has 1 aliphatic rings. The van der Waals surface area contributed by atoms with Crippen LogP contribution in [0.15, 0.2) is 36.5 Å². The topological polar surface area (TPSA) is 38.9 Å². The number of hydrogen-bond donors (Lipinski definition) is 1. The molecule has 2 nitrogen and oxygen atoms in total. The van der Waals surface area contributed by atoms with E-state index < -0.39 is 0 Å². The van der Waals surface area contributed by atoms with E-state index in [0.717, 1.165) is 5.52 Å². The first kappa shape index (κ1) is 14.5. The Labute approximate surface area is 127 Å². The molecule has 1 saturated carbocycles. The molecular formula is C19H26N2. The van der Waals surface area contributed by atoms with Crippen LogP contribution in [0.5, 0.6) is 0 Å². The molecule has 1 aliphatic carbocycles. The minimum Gasteiger partial charge on any atom is -0.323 e. The lowest BCUT2D eigenvalue weighted by atomic mass is 9.70. The fourth-order valence-electron chi connectivity index (χ4n) is 4.16. The number of rotatable bonds is 4. The second kappa shape index (κ2) is 5.76. The number of nitrogens with two attached hydrogens (primary N) is 1. The Balaban J connectivity index is 1.95. The summed E-state index contributed by atoms with van der Waals surface area (Å²) in [6, 6.07) is 10.8. The van der Waals surface area contributed by atoms with Crippen molar-refractivity contribution in [3.05, 3.63) is 42.1 Å². The fraction of sp³-hybridized carbons (Fsp3) is 0.526. The molecule has 1 heterocycles. The van der Waals surface area contributed by atoms with Crippen LogP contribution < -0.4 is 5.73 Å². The van der Waals surface area contributed by atoms with Gasteiger partial charge in [-0.25, -0.2) is 0 Å². The summed E-state index contributed by atoms with van der Waals surface area (Å²) in [4.78, 5) is 4.48. The van der Waals surface area contributed by atoms with E-state index in [4.69, 9.17) is 5.73 Å². The van der Waals surface area contributed by atoms with Gasteiger partial charge in [-0.2, -0.15) is 0 Å². The summed E-state index contributed by atoms with van der Waals surface area (Å²) in [6.45, 7) is 4.63. The average molecular weight is 282 g/mol. The van der Waals surface area contributed by atoms with Gasteiger partial charge in [0.25, 0.3) is 0 Å². The summed E-state index contributed by atoms with van der Waals surface area (Å²) in [7, 11) is 0. The van der Waals surface area contributed by atoms with Gasteiger partial charge in [-0.15, -0.1) is 0 Å². The monoisotopic (exact) mass is 282 g/mol. The van der Waals surface area contributed by atoms with Crippen LogP contribution in [0.25, 0.3) is 10.9 Å². The van der Waals surface area contributed by atoms with Crippen molar-refractivity contribution in [2.45, 2.75) is 52.0 Å². The summed E-state index contributed by atoms with van der Waals surface area (Å²) < 4.78 is 0. The molecule has 0 saturated heterocycles. The number of benzene rings is 1. The Bertz CT molecular complexity index is 612. The molecule has 2 heteroatoms. The van der Waals surface area contributed by atoms with E-state index >= 15 is 0 Å². The first-order chi connectivity index (χ1) is 10.1. The molecule has 0 amide bonds. The Hall–Kier alpha value is -1.41. The summed E-state index contributed by atoms with van der Waals surface area (Å²) in [5, 5.41) is 1.19. The lowest BCUT2D eigenvalue weighted by Gasteiger charge is -2.37. The predicted molar refractivity (Wildman–Crippen MR) is 89.0 cm³/mol. The van der Waals surface area contributed by atoms with Gasteiger partial charge in [-0.1, -0.05) is 44.9 Å². The molecule has 3 rings (SSSR count). The number of fused-ring (bicyclic) bond motifs is 1. The zero-order valence-corrected chi connectivity index (χ0v) is 13.2. The molecule has 0 spiro atoms. The van der Waals surface area contributed by atoms with Crippen LogP contribution in [0.1, 0.15) is 57.6 Å². The number of pyridine rings is 1. The summed E-state index contributed by atoms with van der Waals surface area (Å²) in [5.74, 6) is 0.702. The van der Waals surface area contributed by atoms with Gasteiger partial charge in [0.05, 0.1) is 5.52 Å². The van der Waals surface area contributed by atoms with E-state index in [0.29, 0.717) is 5.92 Å². The highest BCUT2D eigenvalue weighted by Gasteiger charge is 2.40. The third-order valence-corrected chi connectivity index (χ3v) is 5.06. The quantitative estimate of drug-likeness (QED) is 0.871. The molecule has 0 radical (unpaired) electrons. The first-order valence-corrected chi connectivity index (χ1v) is 8.21. The fourth-order valence-corrected chi connectivity index (χ4v) is 4.16. The second-order valence-corrected chi connectivity index (χ2v) is 7.10. The van der Waals surface area contributed by atoms with Crippen molar-refractivity contribution in [3.8, 4) is 0 Å². The van der Waals surface area contributed by atoms with Crippen LogP contribution in [0.2, 0.25) is 0 Å². The number of aromatic nitrogens is 1. The van der Waals surface area contributed by atoms with Crippen LogP contribution in [0.3, 0.4) is 0 Å². The maximum absolute atomic E-state index is 6.75.